The first-order valence-electron chi connectivity index (χ1n) is 15.0. The topological polar surface area (TPSA) is 96.3 Å². The Labute approximate surface area is 267 Å². The van der Waals surface area contributed by atoms with E-state index in [4.69, 9.17) is 0 Å². The number of rotatable bonds is 16. The van der Waals surface area contributed by atoms with Gasteiger partial charge in [-0.05, 0) is 84.0 Å². The molecule has 4 rings (SSSR count). The second-order valence-electron chi connectivity index (χ2n) is 11.5. The second-order valence-corrected chi connectivity index (χ2v) is 12.6. The van der Waals surface area contributed by atoms with Crippen molar-refractivity contribution >= 4 is 23.6 Å². The Morgan fingerprint density at radius 3 is 2.22 bits per heavy atom. The molecule has 0 aliphatic heterocycles. The van der Waals surface area contributed by atoms with Crippen LogP contribution in [0.1, 0.15) is 58.9 Å². The van der Waals surface area contributed by atoms with E-state index in [1.807, 2.05) is 43.0 Å². The molecule has 3 atom stereocenters. The van der Waals surface area contributed by atoms with E-state index in [1.54, 1.807) is 54.6 Å². The largest absolute Gasteiger partial charge is 0.480 e. The molecule has 4 aromatic rings. The summed E-state index contributed by atoms with van der Waals surface area (Å²) in [6, 6.07) is 17.0. The summed E-state index contributed by atoms with van der Waals surface area (Å²) < 4.78 is 29.0. The molecule has 10 heteroatoms. The Balaban J connectivity index is 1.58. The number of carbonyl (C=O) groups is 2. The van der Waals surface area contributed by atoms with Crippen LogP contribution in [0, 0.1) is 17.6 Å². The number of thioether (sulfide) groups is 1. The fourth-order valence-electron chi connectivity index (χ4n) is 5.25. The van der Waals surface area contributed by atoms with Crippen LogP contribution in [0.5, 0.6) is 0 Å². The van der Waals surface area contributed by atoms with Gasteiger partial charge in [0.1, 0.15) is 17.7 Å². The fraction of sp³-hybridized carbons (Fsp3) is 0.343. The summed E-state index contributed by atoms with van der Waals surface area (Å²) >= 11 is 1.59. The van der Waals surface area contributed by atoms with Crippen molar-refractivity contribution in [3.05, 3.63) is 125 Å². The van der Waals surface area contributed by atoms with Gasteiger partial charge in [0, 0.05) is 36.3 Å². The molecule has 1 heterocycles. The summed E-state index contributed by atoms with van der Waals surface area (Å²) in [6.45, 7) is 5.04. The standard InChI is InChI=1S/C35H40F2N4O3S/c1-23(2)33(45-3)19-31(35(43)44)40-34(42)30-18-25(5-9-26(30)8-4-24-6-12-28(36)13-7-24)20-39-32(21-41-17-16-38-22-41)27-10-14-29(37)15-11-27/h5-7,9-18,22-23,31-33,39H,4,8,19-21H2,1-3H3,(H,40,42)(H,43,44)/t31-,32?,33?/m0/s1. The van der Waals surface area contributed by atoms with Crippen LogP contribution in [0.2, 0.25) is 0 Å². The third-order valence-corrected chi connectivity index (χ3v) is 9.25. The van der Waals surface area contributed by atoms with Gasteiger partial charge in [-0.3, -0.25) is 4.79 Å². The Kier molecular flexibility index (Phi) is 12.3. The van der Waals surface area contributed by atoms with Gasteiger partial charge in [-0.2, -0.15) is 11.8 Å². The third kappa shape index (κ3) is 9.99. The predicted octanol–water partition coefficient (Wildman–Crippen LogP) is 6.44. The quantitative estimate of drug-likeness (QED) is 0.131. The second kappa shape index (κ2) is 16.3. The van der Waals surface area contributed by atoms with Crippen LogP contribution in [0.15, 0.2) is 85.5 Å². The molecule has 0 radical (unpaired) electrons. The highest BCUT2D eigenvalue weighted by atomic mass is 32.2. The van der Waals surface area contributed by atoms with Crippen LogP contribution in [-0.4, -0.2) is 44.1 Å². The highest BCUT2D eigenvalue weighted by Gasteiger charge is 2.27. The van der Waals surface area contributed by atoms with E-state index in [2.05, 4.69) is 15.6 Å². The molecule has 1 amide bonds. The molecule has 0 spiro atoms. The molecule has 0 saturated heterocycles. The van der Waals surface area contributed by atoms with E-state index in [0.717, 1.165) is 22.3 Å². The number of aromatic nitrogens is 2. The van der Waals surface area contributed by atoms with Crippen LogP contribution in [-0.2, 0) is 30.7 Å². The van der Waals surface area contributed by atoms with Crippen molar-refractivity contribution in [1.82, 2.24) is 20.2 Å². The van der Waals surface area contributed by atoms with E-state index < -0.39 is 17.9 Å². The third-order valence-electron chi connectivity index (χ3n) is 7.91. The smallest absolute Gasteiger partial charge is 0.326 e. The molecule has 45 heavy (non-hydrogen) atoms. The number of benzene rings is 3. The lowest BCUT2D eigenvalue weighted by atomic mass is 9.96. The summed E-state index contributed by atoms with van der Waals surface area (Å²) in [5.41, 5.74) is 3.83. The molecule has 7 nitrogen and oxygen atoms in total. The van der Waals surface area contributed by atoms with Gasteiger partial charge >= 0.3 is 5.97 Å². The molecule has 238 valence electrons. The first-order valence-corrected chi connectivity index (χ1v) is 16.3. The van der Waals surface area contributed by atoms with Crippen LogP contribution < -0.4 is 10.6 Å². The molecule has 1 aromatic heterocycles. The molecule has 0 bridgehead atoms. The van der Waals surface area contributed by atoms with Gasteiger partial charge in [0.2, 0.25) is 0 Å². The number of aliphatic carboxylic acids is 1. The van der Waals surface area contributed by atoms with E-state index in [-0.39, 0.29) is 28.8 Å². The van der Waals surface area contributed by atoms with Crippen LogP contribution in [0.3, 0.4) is 0 Å². The van der Waals surface area contributed by atoms with E-state index in [0.29, 0.717) is 37.9 Å². The van der Waals surface area contributed by atoms with Gasteiger partial charge < -0.3 is 20.3 Å². The fourth-order valence-corrected chi connectivity index (χ4v) is 6.18. The molecular weight excluding hydrogens is 594 g/mol. The van der Waals surface area contributed by atoms with Crippen molar-refractivity contribution in [2.24, 2.45) is 5.92 Å². The molecule has 0 fully saturated rings. The molecule has 3 N–H and O–H groups in total. The summed E-state index contributed by atoms with van der Waals surface area (Å²) in [4.78, 5) is 30.1. The number of hydrogen-bond donors (Lipinski definition) is 3. The molecule has 2 unspecified atom stereocenters. The van der Waals surface area contributed by atoms with E-state index in [9.17, 15) is 23.5 Å². The van der Waals surface area contributed by atoms with Crippen molar-refractivity contribution in [2.75, 3.05) is 6.26 Å². The molecular formula is C35H40F2N4O3S. The van der Waals surface area contributed by atoms with Gasteiger partial charge in [0.25, 0.3) is 5.91 Å². The van der Waals surface area contributed by atoms with Gasteiger partial charge in [-0.25, -0.2) is 18.6 Å². The minimum atomic E-state index is -1.07. The zero-order valence-corrected chi connectivity index (χ0v) is 26.6. The van der Waals surface area contributed by atoms with Crippen molar-refractivity contribution in [2.45, 2.75) is 63.5 Å². The number of carboxylic acid groups (broad SMARTS) is 1. The summed E-state index contributed by atoms with van der Waals surface area (Å²) in [5, 5.41) is 16.4. The maximum atomic E-state index is 13.7. The molecule has 3 aromatic carbocycles. The van der Waals surface area contributed by atoms with E-state index >= 15 is 0 Å². The normalized spacial score (nSPS) is 13.4. The highest BCUT2D eigenvalue weighted by Crippen LogP contribution is 2.23. The van der Waals surface area contributed by atoms with Gasteiger partial charge in [0.05, 0.1) is 12.4 Å². The minimum absolute atomic E-state index is 0.0683. The maximum Gasteiger partial charge on any atom is 0.326 e. The number of carbonyl (C=O) groups excluding carboxylic acids is 1. The Hall–Kier alpha value is -4.02. The first-order chi connectivity index (χ1) is 21.6. The first kappa shape index (κ1) is 33.9. The maximum absolute atomic E-state index is 13.7. The molecule has 0 aliphatic carbocycles. The van der Waals surface area contributed by atoms with Crippen LogP contribution in [0.25, 0.3) is 0 Å². The lowest BCUT2D eigenvalue weighted by Crippen LogP contribution is -2.43. The van der Waals surface area contributed by atoms with Gasteiger partial charge in [-0.1, -0.05) is 50.2 Å². The monoisotopic (exact) mass is 634 g/mol. The van der Waals surface area contributed by atoms with Crippen LogP contribution >= 0.6 is 11.8 Å². The molecule has 0 aliphatic rings. The lowest BCUT2D eigenvalue weighted by Gasteiger charge is -2.24. The zero-order chi connectivity index (χ0) is 32.3. The molecule has 0 saturated carbocycles. The zero-order valence-electron chi connectivity index (χ0n) is 25.8. The van der Waals surface area contributed by atoms with Gasteiger partial charge in [0.15, 0.2) is 0 Å². The number of amides is 1. The average molecular weight is 635 g/mol. The summed E-state index contributed by atoms with van der Waals surface area (Å²) in [5.74, 6) is -1.90. The number of hydrogen-bond acceptors (Lipinski definition) is 5. The average Bonchev–Trinajstić information content (AvgIpc) is 3.54. The van der Waals surface area contributed by atoms with Crippen molar-refractivity contribution in [1.29, 1.82) is 0 Å². The van der Waals surface area contributed by atoms with Crippen molar-refractivity contribution < 1.29 is 23.5 Å². The summed E-state index contributed by atoms with van der Waals surface area (Å²) in [6.07, 6.45) is 8.62. The van der Waals surface area contributed by atoms with E-state index in [1.165, 1.54) is 24.3 Å². The van der Waals surface area contributed by atoms with Crippen LogP contribution in [0.4, 0.5) is 8.78 Å². The lowest BCUT2D eigenvalue weighted by molar-refractivity contribution is -0.139. The number of carboxylic acids is 1. The van der Waals surface area contributed by atoms with Crippen molar-refractivity contribution in [3.8, 4) is 0 Å². The number of nitrogens with one attached hydrogen (secondary N) is 2. The Morgan fingerprint density at radius 1 is 0.956 bits per heavy atom. The minimum Gasteiger partial charge on any atom is -0.480 e. The van der Waals surface area contributed by atoms with Gasteiger partial charge in [-0.15, -0.1) is 0 Å². The number of aryl methyl sites for hydroxylation is 2. The highest BCUT2D eigenvalue weighted by molar-refractivity contribution is 7.99. The SMILES string of the molecule is CSC(C[C@H](NC(=O)c1cc(CNC(Cn2ccnc2)c2ccc(F)cc2)ccc1CCc1ccc(F)cc1)C(=O)O)C(C)C. The number of halogens is 2. The summed E-state index contributed by atoms with van der Waals surface area (Å²) in [7, 11) is 0. The number of imidazole rings is 1. The Morgan fingerprint density at radius 2 is 1.62 bits per heavy atom. The van der Waals surface area contributed by atoms with Crippen molar-refractivity contribution in [3.63, 3.8) is 0 Å². The predicted molar refractivity (Wildman–Crippen MR) is 174 cm³/mol. The Bertz CT molecular complexity index is 1530. The number of nitrogens with zero attached hydrogens (tertiary/aromatic N) is 2.